The summed E-state index contributed by atoms with van der Waals surface area (Å²) in [6, 6.07) is 17.9. The molecule has 0 saturated heterocycles. The highest BCUT2D eigenvalue weighted by molar-refractivity contribution is 7.21. The van der Waals surface area contributed by atoms with E-state index < -0.39 is 0 Å². The molecule has 3 aromatic rings. The smallest absolute Gasteiger partial charge is 0.124 e. The van der Waals surface area contributed by atoms with Crippen LogP contribution in [0.3, 0.4) is 0 Å². The van der Waals surface area contributed by atoms with Gasteiger partial charge in [-0.05, 0) is 17.0 Å². The zero-order valence-corrected chi connectivity index (χ0v) is 12.2. The Bertz CT molecular complexity index is 669. The summed E-state index contributed by atoms with van der Waals surface area (Å²) in [4.78, 5) is 4.64. The van der Waals surface area contributed by atoms with Gasteiger partial charge in [0.2, 0.25) is 0 Å². The molecule has 0 spiro atoms. The molecule has 0 N–H and O–H groups in total. The van der Waals surface area contributed by atoms with Crippen molar-refractivity contribution in [2.24, 2.45) is 0 Å². The lowest BCUT2D eigenvalue weighted by Crippen LogP contribution is -2.10. The van der Waals surface area contributed by atoms with Crippen molar-refractivity contribution in [3.8, 4) is 10.6 Å². The molecule has 1 heterocycles. The molecule has 0 amide bonds. The number of thiazole rings is 1. The maximum Gasteiger partial charge on any atom is 0.124 e. The van der Waals surface area contributed by atoms with Gasteiger partial charge in [0, 0.05) is 11.6 Å². The van der Waals surface area contributed by atoms with Crippen molar-refractivity contribution in [2.45, 2.75) is 26.2 Å². The minimum Gasteiger partial charge on any atom is -0.235 e. The Balaban J connectivity index is 2.02. The van der Waals surface area contributed by atoms with Gasteiger partial charge >= 0.3 is 0 Å². The van der Waals surface area contributed by atoms with Crippen molar-refractivity contribution < 1.29 is 0 Å². The Kier molecular flexibility index (Phi) is 2.90. The lowest BCUT2D eigenvalue weighted by molar-refractivity contribution is 0.590. The van der Waals surface area contributed by atoms with Crippen LogP contribution >= 0.6 is 11.3 Å². The van der Waals surface area contributed by atoms with E-state index in [-0.39, 0.29) is 5.41 Å². The van der Waals surface area contributed by atoms with E-state index in [4.69, 9.17) is 0 Å². The van der Waals surface area contributed by atoms with E-state index in [9.17, 15) is 0 Å². The van der Waals surface area contributed by atoms with Crippen LogP contribution in [0.4, 0.5) is 0 Å². The molecular weight excluding hydrogens is 250 g/mol. The molecule has 1 nitrogen and oxygen atoms in total. The predicted molar refractivity (Wildman–Crippen MR) is 82.6 cm³/mol. The van der Waals surface area contributed by atoms with Crippen molar-refractivity contribution >= 4 is 21.6 Å². The first-order valence-corrected chi connectivity index (χ1v) is 7.24. The third kappa shape index (κ3) is 2.41. The van der Waals surface area contributed by atoms with Gasteiger partial charge in [0.05, 0.1) is 10.2 Å². The molecule has 95 valence electrons. The molecule has 2 heteroatoms. The number of aromatic nitrogens is 1. The predicted octanol–water partition coefficient (Wildman–Crippen LogP) is 5.06. The van der Waals surface area contributed by atoms with Crippen LogP contribution in [-0.4, -0.2) is 4.98 Å². The molecule has 0 fully saturated rings. The topological polar surface area (TPSA) is 12.9 Å². The van der Waals surface area contributed by atoms with Gasteiger partial charge in [-0.3, -0.25) is 0 Å². The SMILES string of the molecule is CC(C)(C)c1ccc(-c2nc3[c]cccc3s2)cc1. The molecule has 0 saturated carbocycles. The molecular formula is C17H16NS. The zero-order valence-electron chi connectivity index (χ0n) is 11.4. The lowest BCUT2D eigenvalue weighted by atomic mass is 9.87. The number of fused-ring (bicyclic) bond motifs is 1. The minimum atomic E-state index is 0.194. The molecule has 1 radical (unpaired) electrons. The number of hydrogen-bond donors (Lipinski definition) is 0. The number of hydrogen-bond acceptors (Lipinski definition) is 2. The van der Waals surface area contributed by atoms with Gasteiger partial charge in [0.15, 0.2) is 0 Å². The second-order valence-corrected chi connectivity index (χ2v) is 6.76. The summed E-state index contributed by atoms with van der Waals surface area (Å²) in [5.74, 6) is 0. The van der Waals surface area contributed by atoms with E-state index in [2.05, 4.69) is 62.2 Å². The first-order chi connectivity index (χ1) is 9.04. The molecule has 0 atom stereocenters. The normalized spacial score (nSPS) is 11.9. The van der Waals surface area contributed by atoms with Gasteiger partial charge in [-0.1, -0.05) is 57.2 Å². The molecule has 0 bridgehead atoms. The van der Waals surface area contributed by atoms with Crippen LogP contribution in [0, 0.1) is 6.07 Å². The number of nitrogens with zero attached hydrogens (tertiary/aromatic N) is 1. The van der Waals surface area contributed by atoms with Gasteiger partial charge in [0.25, 0.3) is 0 Å². The fourth-order valence-electron chi connectivity index (χ4n) is 2.05. The monoisotopic (exact) mass is 266 g/mol. The van der Waals surface area contributed by atoms with E-state index in [0.717, 1.165) is 10.5 Å². The second-order valence-electron chi connectivity index (χ2n) is 5.73. The zero-order chi connectivity index (χ0) is 13.5. The molecule has 19 heavy (non-hydrogen) atoms. The highest BCUT2D eigenvalue weighted by atomic mass is 32.1. The standard InChI is InChI=1S/C17H16NS/c1-17(2,3)13-10-8-12(9-11-13)16-18-14-6-4-5-7-15(14)19-16/h4-5,7-11H,1-3H3. The van der Waals surface area contributed by atoms with Crippen LogP contribution in [0.25, 0.3) is 20.8 Å². The van der Waals surface area contributed by atoms with Gasteiger partial charge in [-0.15, -0.1) is 11.3 Å². The van der Waals surface area contributed by atoms with Crippen molar-refractivity contribution in [3.63, 3.8) is 0 Å². The molecule has 0 unspecified atom stereocenters. The molecule has 0 aliphatic carbocycles. The summed E-state index contributed by atoms with van der Waals surface area (Å²) >= 11 is 1.72. The van der Waals surface area contributed by atoms with Crippen LogP contribution in [-0.2, 0) is 5.41 Å². The van der Waals surface area contributed by atoms with Crippen LogP contribution in [0.15, 0.2) is 42.5 Å². The maximum absolute atomic E-state index is 4.64. The Hall–Kier alpha value is -1.67. The Morgan fingerprint density at radius 3 is 2.42 bits per heavy atom. The average Bonchev–Trinajstić information content (AvgIpc) is 2.81. The van der Waals surface area contributed by atoms with E-state index in [1.807, 2.05) is 12.1 Å². The quantitative estimate of drug-likeness (QED) is 0.600. The molecule has 3 rings (SSSR count). The fourth-order valence-corrected chi connectivity index (χ4v) is 2.99. The molecule has 1 aromatic heterocycles. The Labute approximate surface area is 117 Å². The van der Waals surface area contributed by atoms with E-state index in [1.54, 1.807) is 11.3 Å². The van der Waals surface area contributed by atoms with E-state index in [0.29, 0.717) is 0 Å². The molecule has 0 aliphatic rings. The summed E-state index contributed by atoms with van der Waals surface area (Å²) in [7, 11) is 0. The van der Waals surface area contributed by atoms with Crippen LogP contribution in [0.1, 0.15) is 26.3 Å². The summed E-state index contributed by atoms with van der Waals surface area (Å²) in [5.41, 5.74) is 3.69. The number of rotatable bonds is 1. The summed E-state index contributed by atoms with van der Waals surface area (Å²) in [6.07, 6.45) is 0. The largest absolute Gasteiger partial charge is 0.235 e. The van der Waals surface area contributed by atoms with E-state index in [1.165, 1.54) is 15.8 Å². The van der Waals surface area contributed by atoms with Crippen molar-refractivity contribution in [2.75, 3.05) is 0 Å². The highest BCUT2D eigenvalue weighted by Gasteiger charge is 2.13. The second kappa shape index (κ2) is 4.46. The highest BCUT2D eigenvalue weighted by Crippen LogP contribution is 2.31. The van der Waals surface area contributed by atoms with Crippen LogP contribution < -0.4 is 0 Å². The number of benzene rings is 2. The van der Waals surface area contributed by atoms with Crippen LogP contribution in [0.2, 0.25) is 0 Å². The lowest BCUT2D eigenvalue weighted by Gasteiger charge is -2.18. The molecule has 2 aromatic carbocycles. The van der Waals surface area contributed by atoms with Gasteiger partial charge in [-0.25, -0.2) is 4.98 Å². The maximum atomic E-state index is 4.64. The van der Waals surface area contributed by atoms with Crippen LogP contribution in [0.5, 0.6) is 0 Å². The van der Waals surface area contributed by atoms with Gasteiger partial charge in [0.1, 0.15) is 5.01 Å². The summed E-state index contributed by atoms with van der Waals surface area (Å²) < 4.78 is 1.19. The Morgan fingerprint density at radius 1 is 1.05 bits per heavy atom. The Morgan fingerprint density at radius 2 is 1.79 bits per heavy atom. The van der Waals surface area contributed by atoms with Crippen molar-refractivity contribution in [1.29, 1.82) is 0 Å². The first kappa shape index (κ1) is 12.4. The first-order valence-electron chi connectivity index (χ1n) is 6.42. The van der Waals surface area contributed by atoms with Crippen molar-refractivity contribution in [3.05, 3.63) is 54.1 Å². The van der Waals surface area contributed by atoms with Gasteiger partial charge < -0.3 is 0 Å². The fraction of sp³-hybridized carbons (Fsp3) is 0.235. The summed E-state index contributed by atoms with van der Waals surface area (Å²) in [5, 5.41) is 1.07. The summed E-state index contributed by atoms with van der Waals surface area (Å²) in [6.45, 7) is 6.69. The number of para-hydroxylation sites is 1. The van der Waals surface area contributed by atoms with Gasteiger partial charge in [-0.2, -0.15) is 0 Å². The van der Waals surface area contributed by atoms with Crippen molar-refractivity contribution in [1.82, 2.24) is 4.98 Å². The third-order valence-electron chi connectivity index (χ3n) is 3.22. The third-order valence-corrected chi connectivity index (χ3v) is 4.28. The minimum absolute atomic E-state index is 0.194. The average molecular weight is 266 g/mol. The van der Waals surface area contributed by atoms with E-state index >= 15 is 0 Å². The molecule has 0 aliphatic heterocycles.